The Morgan fingerprint density at radius 2 is 2.11 bits per heavy atom. The van der Waals surface area contributed by atoms with Gasteiger partial charge in [0, 0.05) is 17.1 Å². The van der Waals surface area contributed by atoms with Crippen molar-refractivity contribution in [3.05, 3.63) is 34.3 Å². The molecule has 0 amide bonds. The summed E-state index contributed by atoms with van der Waals surface area (Å²) >= 11 is 6.04. The zero-order chi connectivity index (χ0) is 14.4. The van der Waals surface area contributed by atoms with Gasteiger partial charge in [-0.2, -0.15) is 0 Å². The van der Waals surface area contributed by atoms with Crippen LogP contribution >= 0.6 is 20.8 Å². The van der Waals surface area contributed by atoms with Crippen LogP contribution in [-0.2, 0) is 9.53 Å². The van der Waals surface area contributed by atoms with Crippen LogP contribution in [-0.4, -0.2) is 11.6 Å². The molecule has 0 saturated carbocycles. The van der Waals surface area contributed by atoms with E-state index in [0.717, 1.165) is 29.0 Å². The number of hydrogen-bond acceptors (Lipinski definition) is 2. The SMILES string of the molecule is CCCC(=O)OC(c1ccc(Cl)c(C)c1)C(P)CC. The van der Waals surface area contributed by atoms with E-state index < -0.39 is 0 Å². The molecule has 0 bridgehead atoms. The van der Waals surface area contributed by atoms with Crippen molar-refractivity contribution in [3.8, 4) is 0 Å². The van der Waals surface area contributed by atoms with Gasteiger partial charge in [0.2, 0.25) is 0 Å². The second-order valence-electron chi connectivity index (χ2n) is 4.74. The quantitative estimate of drug-likeness (QED) is 0.563. The van der Waals surface area contributed by atoms with E-state index in [4.69, 9.17) is 16.3 Å². The maximum Gasteiger partial charge on any atom is 0.306 e. The molecular formula is C15H22ClO2P. The van der Waals surface area contributed by atoms with Gasteiger partial charge in [0.15, 0.2) is 0 Å². The van der Waals surface area contributed by atoms with E-state index in [1.807, 2.05) is 32.0 Å². The van der Waals surface area contributed by atoms with Crippen molar-refractivity contribution in [3.63, 3.8) is 0 Å². The molecule has 3 atom stereocenters. The molecule has 19 heavy (non-hydrogen) atoms. The van der Waals surface area contributed by atoms with Crippen LogP contribution in [0.3, 0.4) is 0 Å². The maximum absolute atomic E-state index is 11.7. The van der Waals surface area contributed by atoms with Crippen LogP contribution in [0.5, 0.6) is 0 Å². The van der Waals surface area contributed by atoms with Crippen molar-refractivity contribution in [2.24, 2.45) is 0 Å². The first-order chi connectivity index (χ1) is 8.99. The van der Waals surface area contributed by atoms with Crippen molar-refractivity contribution in [2.75, 3.05) is 0 Å². The highest BCUT2D eigenvalue weighted by Crippen LogP contribution is 2.31. The van der Waals surface area contributed by atoms with Gasteiger partial charge in [0.25, 0.3) is 0 Å². The largest absolute Gasteiger partial charge is 0.457 e. The minimum Gasteiger partial charge on any atom is -0.457 e. The number of benzene rings is 1. The molecular weight excluding hydrogens is 279 g/mol. The van der Waals surface area contributed by atoms with Crippen molar-refractivity contribution >= 4 is 26.8 Å². The first-order valence-corrected chi connectivity index (χ1v) is 7.75. The van der Waals surface area contributed by atoms with Gasteiger partial charge in [0.05, 0.1) is 0 Å². The smallest absolute Gasteiger partial charge is 0.306 e. The molecule has 1 aromatic rings. The van der Waals surface area contributed by atoms with Gasteiger partial charge in [-0.25, -0.2) is 0 Å². The maximum atomic E-state index is 11.7. The van der Waals surface area contributed by atoms with Gasteiger partial charge in [-0.05, 0) is 37.0 Å². The van der Waals surface area contributed by atoms with Crippen molar-refractivity contribution in [1.82, 2.24) is 0 Å². The summed E-state index contributed by atoms with van der Waals surface area (Å²) in [5.41, 5.74) is 2.22. The Balaban J connectivity index is 2.95. The zero-order valence-electron chi connectivity index (χ0n) is 11.8. The van der Waals surface area contributed by atoms with Gasteiger partial charge in [-0.15, -0.1) is 9.24 Å². The first kappa shape index (κ1) is 16.5. The monoisotopic (exact) mass is 300 g/mol. The molecule has 0 saturated heterocycles. The fourth-order valence-electron chi connectivity index (χ4n) is 1.87. The molecule has 0 radical (unpaired) electrons. The lowest BCUT2D eigenvalue weighted by molar-refractivity contribution is -0.149. The van der Waals surface area contributed by atoms with Crippen LogP contribution in [0.15, 0.2) is 18.2 Å². The van der Waals surface area contributed by atoms with Crippen molar-refractivity contribution < 1.29 is 9.53 Å². The molecule has 0 aromatic heterocycles. The number of aryl methyl sites for hydroxylation is 1. The normalized spacial score (nSPS) is 13.9. The predicted octanol–water partition coefficient (Wildman–Crippen LogP) is 4.69. The van der Waals surface area contributed by atoms with Gasteiger partial charge in [-0.3, -0.25) is 4.79 Å². The van der Waals surface area contributed by atoms with E-state index in [0.29, 0.717) is 6.42 Å². The molecule has 0 fully saturated rings. The molecule has 0 N–H and O–H groups in total. The summed E-state index contributed by atoms with van der Waals surface area (Å²) in [4.78, 5) is 11.7. The number of carbonyl (C=O) groups is 1. The molecule has 1 aromatic carbocycles. The number of hydrogen-bond donors (Lipinski definition) is 0. The lowest BCUT2D eigenvalue weighted by Crippen LogP contribution is -2.19. The Kier molecular flexibility index (Phi) is 6.82. The molecule has 2 nitrogen and oxygen atoms in total. The molecule has 106 valence electrons. The highest BCUT2D eigenvalue weighted by atomic mass is 35.5. The Morgan fingerprint density at radius 3 is 2.63 bits per heavy atom. The second kappa shape index (κ2) is 7.87. The van der Waals surface area contributed by atoms with E-state index in [9.17, 15) is 4.79 Å². The highest BCUT2D eigenvalue weighted by Gasteiger charge is 2.22. The summed E-state index contributed by atoms with van der Waals surface area (Å²) < 4.78 is 5.62. The third kappa shape index (κ3) is 4.78. The zero-order valence-corrected chi connectivity index (χ0v) is 13.7. The molecule has 0 aliphatic carbocycles. The van der Waals surface area contributed by atoms with E-state index in [2.05, 4.69) is 16.2 Å². The number of ether oxygens (including phenoxy) is 1. The molecule has 3 unspecified atom stereocenters. The van der Waals surface area contributed by atoms with Crippen LogP contribution in [0, 0.1) is 6.92 Å². The minimum atomic E-state index is -0.218. The van der Waals surface area contributed by atoms with Crippen LogP contribution in [0.4, 0.5) is 0 Å². The van der Waals surface area contributed by atoms with Crippen molar-refractivity contribution in [2.45, 2.75) is 51.8 Å². The van der Waals surface area contributed by atoms with Crippen LogP contribution in [0.1, 0.15) is 50.3 Å². The minimum absolute atomic E-state index is 0.138. The average Bonchev–Trinajstić information content (AvgIpc) is 2.39. The van der Waals surface area contributed by atoms with Crippen LogP contribution in [0.25, 0.3) is 0 Å². The molecule has 0 heterocycles. The van der Waals surface area contributed by atoms with Gasteiger partial charge in [-0.1, -0.05) is 37.6 Å². The fraction of sp³-hybridized carbons (Fsp3) is 0.533. The number of halogens is 1. The first-order valence-electron chi connectivity index (χ1n) is 6.70. The molecule has 0 aliphatic heterocycles. The molecule has 0 aliphatic rings. The third-order valence-corrected chi connectivity index (χ3v) is 4.33. The van der Waals surface area contributed by atoms with Gasteiger partial charge in [0.1, 0.15) is 6.10 Å². The summed E-state index contributed by atoms with van der Waals surface area (Å²) in [6.45, 7) is 6.02. The fourth-order valence-corrected chi connectivity index (χ4v) is 2.28. The third-order valence-electron chi connectivity index (χ3n) is 3.08. The molecule has 4 heteroatoms. The summed E-state index contributed by atoms with van der Waals surface area (Å²) in [7, 11) is 2.77. The van der Waals surface area contributed by atoms with Crippen LogP contribution < -0.4 is 0 Å². The topological polar surface area (TPSA) is 26.3 Å². The molecule has 0 spiro atoms. The number of esters is 1. The van der Waals surface area contributed by atoms with E-state index >= 15 is 0 Å². The average molecular weight is 301 g/mol. The number of rotatable bonds is 6. The van der Waals surface area contributed by atoms with Gasteiger partial charge < -0.3 is 4.74 Å². The highest BCUT2D eigenvalue weighted by molar-refractivity contribution is 7.17. The van der Waals surface area contributed by atoms with E-state index in [1.165, 1.54) is 0 Å². The summed E-state index contributed by atoms with van der Waals surface area (Å²) in [6, 6.07) is 5.80. The van der Waals surface area contributed by atoms with E-state index in [-0.39, 0.29) is 17.7 Å². The lowest BCUT2D eigenvalue weighted by Gasteiger charge is -2.24. The van der Waals surface area contributed by atoms with Crippen LogP contribution in [0.2, 0.25) is 5.02 Å². The summed E-state index contributed by atoms with van der Waals surface area (Å²) in [6.07, 6.45) is 1.98. The Bertz CT molecular complexity index is 434. The Hall–Kier alpha value is -0.590. The standard InChI is InChI=1S/C15H22ClO2P/c1-4-6-14(17)18-15(13(19)5-2)11-7-8-12(16)10(3)9-11/h7-9,13,15H,4-6,19H2,1-3H3. The van der Waals surface area contributed by atoms with Crippen molar-refractivity contribution in [1.29, 1.82) is 0 Å². The van der Waals surface area contributed by atoms with E-state index in [1.54, 1.807) is 0 Å². The lowest BCUT2D eigenvalue weighted by atomic mass is 10.0. The summed E-state index contributed by atoms with van der Waals surface area (Å²) in [5.74, 6) is -0.138. The number of carbonyl (C=O) groups excluding carboxylic acids is 1. The summed E-state index contributed by atoms with van der Waals surface area (Å²) in [5, 5.41) is 0.735. The van der Waals surface area contributed by atoms with Gasteiger partial charge >= 0.3 is 5.97 Å². The molecule has 1 rings (SSSR count). The second-order valence-corrected chi connectivity index (χ2v) is 6.00. The Morgan fingerprint density at radius 1 is 1.42 bits per heavy atom. The predicted molar refractivity (Wildman–Crippen MR) is 83.7 cm³/mol. The Labute approximate surface area is 123 Å².